The first-order chi connectivity index (χ1) is 12.1. The fraction of sp³-hybridized carbons (Fsp3) is 0.333. The minimum atomic E-state index is -0.333. The van der Waals surface area contributed by atoms with E-state index in [1.165, 1.54) is 17.4 Å². The van der Waals surface area contributed by atoms with Crippen LogP contribution in [0.15, 0.2) is 40.5 Å². The molecular formula is C18H18FN3O2S. The third-order valence-electron chi connectivity index (χ3n) is 4.58. The van der Waals surface area contributed by atoms with Crippen LogP contribution in [0.1, 0.15) is 18.4 Å². The highest BCUT2D eigenvalue weighted by Gasteiger charge is 2.23. The second kappa shape index (κ2) is 6.57. The lowest BCUT2D eigenvalue weighted by Gasteiger charge is -2.32. The van der Waals surface area contributed by atoms with Crippen molar-refractivity contribution in [2.45, 2.75) is 25.5 Å². The van der Waals surface area contributed by atoms with Gasteiger partial charge < -0.3 is 10.0 Å². The third-order valence-corrected chi connectivity index (χ3v) is 5.47. The number of anilines is 1. The fourth-order valence-corrected chi connectivity index (χ4v) is 3.96. The van der Waals surface area contributed by atoms with Gasteiger partial charge in [-0.25, -0.2) is 9.37 Å². The number of benzene rings is 1. The Hall–Kier alpha value is -2.25. The number of halogens is 1. The first-order valence-electron chi connectivity index (χ1n) is 8.28. The Balaban J connectivity index is 1.82. The molecule has 1 saturated heterocycles. The number of hydrogen-bond donors (Lipinski definition) is 1. The molecule has 0 radical (unpaired) electrons. The molecule has 25 heavy (non-hydrogen) atoms. The van der Waals surface area contributed by atoms with Crippen LogP contribution in [0.4, 0.5) is 10.3 Å². The molecule has 2 aromatic heterocycles. The summed E-state index contributed by atoms with van der Waals surface area (Å²) in [5.41, 5.74) is 0.978. The Bertz CT molecular complexity index is 960. The zero-order chi connectivity index (χ0) is 17.4. The number of nitrogens with zero attached hydrogens (tertiary/aromatic N) is 3. The first-order valence-corrected chi connectivity index (χ1v) is 9.16. The fourth-order valence-electron chi connectivity index (χ4n) is 3.18. The third kappa shape index (κ3) is 3.05. The van der Waals surface area contributed by atoms with Crippen molar-refractivity contribution in [3.8, 4) is 0 Å². The predicted octanol–water partition coefficient (Wildman–Crippen LogP) is 2.61. The molecule has 1 aromatic carbocycles. The van der Waals surface area contributed by atoms with E-state index in [1.54, 1.807) is 22.8 Å². The lowest BCUT2D eigenvalue weighted by Crippen LogP contribution is -2.40. The normalized spacial score (nSPS) is 15.8. The van der Waals surface area contributed by atoms with Crippen LogP contribution in [0.2, 0.25) is 0 Å². The molecule has 5 nitrogen and oxygen atoms in total. The molecule has 0 spiro atoms. The van der Waals surface area contributed by atoms with Crippen LogP contribution in [0.3, 0.4) is 0 Å². The number of aromatic nitrogens is 2. The van der Waals surface area contributed by atoms with Crippen LogP contribution >= 0.6 is 11.3 Å². The molecule has 1 N–H and O–H groups in total. The van der Waals surface area contributed by atoms with E-state index in [1.807, 2.05) is 16.3 Å². The number of rotatable bonds is 3. The minimum absolute atomic E-state index is 0.140. The van der Waals surface area contributed by atoms with Crippen LogP contribution in [-0.4, -0.2) is 33.9 Å². The zero-order valence-corrected chi connectivity index (χ0v) is 14.4. The summed E-state index contributed by atoms with van der Waals surface area (Å²) in [5.74, 6) is 0.215. The van der Waals surface area contributed by atoms with E-state index in [2.05, 4.69) is 4.98 Å². The van der Waals surface area contributed by atoms with Gasteiger partial charge in [0.1, 0.15) is 10.5 Å². The molecule has 130 valence electrons. The number of aliphatic hydroxyl groups is 1. The summed E-state index contributed by atoms with van der Waals surface area (Å²) in [6.07, 6.45) is 0.960. The van der Waals surface area contributed by atoms with Gasteiger partial charge in [0.05, 0.1) is 18.2 Å². The molecule has 0 saturated carbocycles. The number of aliphatic hydroxyl groups excluding tert-OH is 1. The number of piperidine rings is 1. The highest BCUT2D eigenvalue weighted by atomic mass is 32.1. The summed E-state index contributed by atoms with van der Waals surface area (Å²) in [4.78, 5) is 19.6. The van der Waals surface area contributed by atoms with Gasteiger partial charge in [-0.2, -0.15) is 0 Å². The smallest absolute Gasteiger partial charge is 0.273 e. The number of fused-ring (bicyclic) bond motifs is 1. The average Bonchev–Trinajstić information content (AvgIpc) is 3.08. The summed E-state index contributed by atoms with van der Waals surface area (Å²) in [6, 6.07) is 8.31. The number of hydrogen-bond acceptors (Lipinski definition) is 5. The predicted molar refractivity (Wildman–Crippen MR) is 96.8 cm³/mol. The van der Waals surface area contributed by atoms with Gasteiger partial charge in [0, 0.05) is 18.7 Å². The summed E-state index contributed by atoms with van der Waals surface area (Å²) in [5, 5.41) is 11.6. The maximum absolute atomic E-state index is 14.1. The van der Waals surface area contributed by atoms with Crippen molar-refractivity contribution in [1.82, 2.24) is 9.55 Å². The molecule has 0 atom stereocenters. The van der Waals surface area contributed by atoms with Gasteiger partial charge in [0.25, 0.3) is 5.56 Å². The van der Waals surface area contributed by atoms with Crippen molar-refractivity contribution in [2.75, 3.05) is 18.0 Å². The van der Waals surface area contributed by atoms with Crippen molar-refractivity contribution in [3.05, 3.63) is 57.4 Å². The zero-order valence-electron chi connectivity index (χ0n) is 13.6. The molecule has 0 unspecified atom stereocenters. The van der Waals surface area contributed by atoms with Crippen LogP contribution in [-0.2, 0) is 6.54 Å². The van der Waals surface area contributed by atoms with Crippen molar-refractivity contribution in [3.63, 3.8) is 0 Å². The standard InChI is InChI=1S/C18H18FN3O2S/c19-14-4-2-1-3-12(14)11-22-17(24)16-15(7-10-25-16)20-18(22)21-8-5-13(23)6-9-21/h1-4,7,10,13,23H,5-6,8-9,11H2. The van der Waals surface area contributed by atoms with Gasteiger partial charge >= 0.3 is 0 Å². The molecule has 4 rings (SSSR count). The monoisotopic (exact) mass is 359 g/mol. The van der Waals surface area contributed by atoms with Crippen molar-refractivity contribution in [1.29, 1.82) is 0 Å². The Labute approximate surface area is 148 Å². The van der Waals surface area contributed by atoms with Gasteiger partial charge in [0.2, 0.25) is 5.95 Å². The molecule has 0 aliphatic carbocycles. The Kier molecular flexibility index (Phi) is 4.27. The molecule has 1 fully saturated rings. The molecule has 1 aliphatic rings. The molecule has 1 aliphatic heterocycles. The molecular weight excluding hydrogens is 341 g/mol. The van der Waals surface area contributed by atoms with Crippen LogP contribution < -0.4 is 10.5 Å². The molecule has 0 amide bonds. The van der Waals surface area contributed by atoms with Crippen molar-refractivity contribution >= 4 is 27.5 Å². The lowest BCUT2D eigenvalue weighted by atomic mass is 10.1. The maximum atomic E-state index is 14.1. The van der Waals surface area contributed by atoms with Crippen molar-refractivity contribution in [2.24, 2.45) is 0 Å². The lowest BCUT2D eigenvalue weighted by molar-refractivity contribution is 0.145. The summed E-state index contributed by atoms with van der Waals surface area (Å²) < 4.78 is 16.2. The maximum Gasteiger partial charge on any atom is 0.273 e. The minimum Gasteiger partial charge on any atom is -0.393 e. The second-order valence-electron chi connectivity index (χ2n) is 6.25. The van der Waals surface area contributed by atoms with Crippen LogP contribution in [0.5, 0.6) is 0 Å². The van der Waals surface area contributed by atoms with E-state index in [-0.39, 0.29) is 24.0 Å². The van der Waals surface area contributed by atoms with E-state index < -0.39 is 0 Å². The van der Waals surface area contributed by atoms with E-state index in [4.69, 9.17) is 0 Å². The molecule has 0 bridgehead atoms. The van der Waals surface area contributed by atoms with Crippen LogP contribution in [0.25, 0.3) is 10.2 Å². The first kappa shape index (κ1) is 16.2. The van der Waals surface area contributed by atoms with Gasteiger partial charge in [-0.05, 0) is 30.4 Å². The second-order valence-corrected chi connectivity index (χ2v) is 7.16. The topological polar surface area (TPSA) is 58.4 Å². The van der Waals surface area contributed by atoms with E-state index in [0.29, 0.717) is 47.7 Å². The van der Waals surface area contributed by atoms with Crippen LogP contribution in [0, 0.1) is 5.82 Å². The Morgan fingerprint density at radius 3 is 2.76 bits per heavy atom. The van der Waals surface area contributed by atoms with Gasteiger partial charge in [-0.1, -0.05) is 18.2 Å². The SMILES string of the molecule is O=c1c2sccc2nc(N2CCC(O)CC2)n1Cc1ccccc1F. The quantitative estimate of drug-likeness (QED) is 0.781. The Morgan fingerprint density at radius 1 is 1.24 bits per heavy atom. The molecule has 3 heterocycles. The summed E-state index contributed by atoms with van der Waals surface area (Å²) >= 11 is 1.35. The van der Waals surface area contributed by atoms with Crippen molar-refractivity contribution < 1.29 is 9.50 Å². The highest BCUT2D eigenvalue weighted by Crippen LogP contribution is 2.23. The van der Waals surface area contributed by atoms with Gasteiger partial charge in [-0.15, -0.1) is 11.3 Å². The Morgan fingerprint density at radius 2 is 2.00 bits per heavy atom. The number of thiophene rings is 1. The average molecular weight is 359 g/mol. The summed E-state index contributed by atoms with van der Waals surface area (Å²) in [6.45, 7) is 1.39. The van der Waals surface area contributed by atoms with E-state index >= 15 is 0 Å². The van der Waals surface area contributed by atoms with Gasteiger partial charge in [-0.3, -0.25) is 9.36 Å². The highest BCUT2D eigenvalue weighted by molar-refractivity contribution is 7.17. The summed E-state index contributed by atoms with van der Waals surface area (Å²) in [7, 11) is 0. The molecule has 7 heteroatoms. The van der Waals surface area contributed by atoms with E-state index in [0.717, 1.165) is 0 Å². The van der Waals surface area contributed by atoms with E-state index in [9.17, 15) is 14.3 Å². The molecule has 3 aromatic rings. The largest absolute Gasteiger partial charge is 0.393 e. The van der Waals surface area contributed by atoms with Gasteiger partial charge in [0.15, 0.2) is 0 Å².